The molecule has 1 aliphatic heterocycles. The number of nitrogens with zero attached hydrogens (tertiary/aromatic N) is 2. The molecule has 1 saturated heterocycles. The van der Waals surface area contributed by atoms with Crippen LogP contribution in [-0.4, -0.2) is 23.3 Å². The van der Waals surface area contributed by atoms with E-state index in [0.717, 1.165) is 31.3 Å². The molecule has 0 spiro atoms. The van der Waals surface area contributed by atoms with Crippen molar-refractivity contribution >= 4 is 0 Å². The van der Waals surface area contributed by atoms with Crippen LogP contribution < -0.4 is 5.32 Å². The smallest absolute Gasteiger partial charge is 0.222 e. The molecule has 1 fully saturated rings. The van der Waals surface area contributed by atoms with E-state index in [9.17, 15) is 0 Å². The van der Waals surface area contributed by atoms with Gasteiger partial charge in [0.25, 0.3) is 0 Å². The molecule has 4 heteroatoms. The Morgan fingerprint density at radius 2 is 2.23 bits per heavy atom. The summed E-state index contributed by atoms with van der Waals surface area (Å²) in [5.74, 6) is 2.60. The maximum absolute atomic E-state index is 5.54. The van der Waals surface area contributed by atoms with E-state index >= 15 is 0 Å². The van der Waals surface area contributed by atoms with Gasteiger partial charge in [-0.25, -0.2) is 0 Å². The molecule has 0 radical (unpaired) electrons. The van der Waals surface area contributed by atoms with Crippen molar-refractivity contribution < 1.29 is 4.42 Å². The summed E-state index contributed by atoms with van der Waals surface area (Å²) in [6, 6.07) is 0. The number of aromatic nitrogens is 2. The second kappa shape index (κ2) is 3.46. The molecule has 0 saturated carbocycles. The quantitative estimate of drug-likeness (QED) is 0.754. The lowest BCUT2D eigenvalue weighted by molar-refractivity contribution is 0.339. The SMILES string of the molecule is CC(C)Cc1nnc(C2CNC2)o1. The predicted molar refractivity (Wildman–Crippen MR) is 48.5 cm³/mol. The van der Waals surface area contributed by atoms with Gasteiger partial charge in [0.2, 0.25) is 11.8 Å². The van der Waals surface area contributed by atoms with Crippen molar-refractivity contribution in [3.8, 4) is 0 Å². The van der Waals surface area contributed by atoms with Crippen molar-refractivity contribution in [3.63, 3.8) is 0 Å². The Kier molecular flexibility index (Phi) is 2.31. The highest BCUT2D eigenvalue weighted by Crippen LogP contribution is 2.18. The van der Waals surface area contributed by atoms with Gasteiger partial charge in [0.1, 0.15) is 0 Å². The number of rotatable bonds is 3. The Hall–Kier alpha value is -0.900. The highest BCUT2D eigenvalue weighted by atomic mass is 16.4. The summed E-state index contributed by atoms with van der Waals surface area (Å²) in [6.45, 7) is 6.25. The van der Waals surface area contributed by atoms with Gasteiger partial charge in [-0.1, -0.05) is 13.8 Å². The third-order valence-corrected chi connectivity index (χ3v) is 2.20. The minimum Gasteiger partial charge on any atom is -0.425 e. The van der Waals surface area contributed by atoms with Crippen molar-refractivity contribution in [2.75, 3.05) is 13.1 Å². The van der Waals surface area contributed by atoms with Gasteiger partial charge in [-0.15, -0.1) is 10.2 Å². The Balaban J connectivity index is 2.00. The Morgan fingerprint density at radius 3 is 2.77 bits per heavy atom. The first-order chi connectivity index (χ1) is 6.25. The topological polar surface area (TPSA) is 51.0 Å². The van der Waals surface area contributed by atoms with E-state index in [1.54, 1.807) is 0 Å². The number of hydrogen-bond acceptors (Lipinski definition) is 4. The average Bonchev–Trinajstić information content (AvgIpc) is 2.31. The van der Waals surface area contributed by atoms with Crippen LogP contribution in [0.1, 0.15) is 31.5 Å². The van der Waals surface area contributed by atoms with E-state index < -0.39 is 0 Å². The summed E-state index contributed by atoms with van der Waals surface area (Å²) < 4.78 is 5.54. The summed E-state index contributed by atoms with van der Waals surface area (Å²) in [6.07, 6.45) is 0.882. The molecule has 0 bridgehead atoms. The fourth-order valence-electron chi connectivity index (χ4n) is 1.33. The Bertz CT molecular complexity index is 278. The van der Waals surface area contributed by atoms with Crippen molar-refractivity contribution in [2.24, 2.45) is 5.92 Å². The lowest BCUT2D eigenvalue weighted by Gasteiger charge is -2.22. The second-order valence-electron chi connectivity index (χ2n) is 3.99. The summed E-state index contributed by atoms with van der Waals surface area (Å²) in [5.41, 5.74) is 0. The van der Waals surface area contributed by atoms with Crippen LogP contribution in [0.15, 0.2) is 4.42 Å². The molecule has 2 rings (SSSR count). The van der Waals surface area contributed by atoms with E-state index in [0.29, 0.717) is 11.8 Å². The number of hydrogen-bond donors (Lipinski definition) is 1. The lowest BCUT2D eigenvalue weighted by Crippen LogP contribution is -2.40. The first-order valence-electron chi connectivity index (χ1n) is 4.78. The highest BCUT2D eigenvalue weighted by molar-refractivity contribution is 4.99. The molecule has 0 atom stereocenters. The first-order valence-corrected chi connectivity index (χ1v) is 4.78. The summed E-state index contributed by atoms with van der Waals surface area (Å²) in [4.78, 5) is 0. The standard InChI is InChI=1S/C9H15N3O/c1-6(2)3-8-11-12-9(13-8)7-4-10-5-7/h6-7,10H,3-5H2,1-2H3. The van der Waals surface area contributed by atoms with E-state index in [-0.39, 0.29) is 0 Å². The predicted octanol–water partition coefficient (Wildman–Crippen LogP) is 0.955. The molecule has 0 unspecified atom stereocenters. The summed E-state index contributed by atoms with van der Waals surface area (Å²) >= 11 is 0. The molecule has 0 aromatic carbocycles. The Labute approximate surface area is 77.7 Å². The van der Waals surface area contributed by atoms with Gasteiger partial charge in [-0.05, 0) is 5.92 Å². The molecule has 4 nitrogen and oxygen atoms in total. The minimum atomic E-state index is 0.452. The van der Waals surface area contributed by atoms with Crippen molar-refractivity contribution in [1.29, 1.82) is 0 Å². The van der Waals surface area contributed by atoms with Crippen LogP contribution in [0.25, 0.3) is 0 Å². The molecule has 0 aliphatic carbocycles. The summed E-state index contributed by atoms with van der Waals surface area (Å²) in [7, 11) is 0. The van der Waals surface area contributed by atoms with E-state index in [4.69, 9.17) is 4.42 Å². The third kappa shape index (κ3) is 1.88. The van der Waals surface area contributed by atoms with Crippen LogP contribution in [0.2, 0.25) is 0 Å². The van der Waals surface area contributed by atoms with Crippen molar-refractivity contribution in [3.05, 3.63) is 11.8 Å². The number of nitrogens with one attached hydrogen (secondary N) is 1. The Morgan fingerprint density at radius 1 is 1.46 bits per heavy atom. The molecule has 1 aromatic heterocycles. The normalized spacial score (nSPS) is 17.8. The highest BCUT2D eigenvalue weighted by Gasteiger charge is 2.24. The molecule has 1 aromatic rings. The van der Waals surface area contributed by atoms with Gasteiger partial charge >= 0.3 is 0 Å². The van der Waals surface area contributed by atoms with Gasteiger partial charge in [0.15, 0.2) is 0 Å². The van der Waals surface area contributed by atoms with Crippen molar-refractivity contribution in [1.82, 2.24) is 15.5 Å². The second-order valence-corrected chi connectivity index (χ2v) is 3.99. The molecule has 72 valence electrons. The van der Waals surface area contributed by atoms with Crippen LogP contribution >= 0.6 is 0 Å². The molecular weight excluding hydrogens is 166 g/mol. The fraction of sp³-hybridized carbons (Fsp3) is 0.778. The maximum atomic E-state index is 5.54. The molecule has 0 amide bonds. The maximum Gasteiger partial charge on any atom is 0.222 e. The largest absolute Gasteiger partial charge is 0.425 e. The van der Waals surface area contributed by atoms with Crippen LogP contribution in [0, 0.1) is 5.92 Å². The van der Waals surface area contributed by atoms with E-state index in [1.165, 1.54) is 0 Å². The summed E-state index contributed by atoms with van der Waals surface area (Å²) in [5, 5.41) is 11.2. The first kappa shape index (κ1) is 8.69. The van der Waals surface area contributed by atoms with Gasteiger partial charge in [-0.3, -0.25) is 0 Å². The van der Waals surface area contributed by atoms with Crippen LogP contribution in [0.5, 0.6) is 0 Å². The molecule has 1 N–H and O–H groups in total. The monoisotopic (exact) mass is 181 g/mol. The van der Waals surface area contributed by atoms with Crippen LogP contribution in [0.4, 0.5) is 0 Å². The minimum absolute atomic E-state index is 0.452. The van der Waals surface area contributed by atoms with Gasteiger partial charge in [0.05, 0.1) is 5.92 Å². The molecule has 1 aliphatic rings. The lowest BCUT2D eigenvalue weighted by atomic mass is 10.0. The zero-order chi connectivity index (χ0) is 9.26. The van der Waals surface area contributed by atoms with Crippen LogP contribution in [0.3, 0.4) is 0 Å². The molecule has 13 heavy (non-hydrogen) atoms. The van der Waals surface area contributed by atoms with Gasteiger partial charge in [-0.2, -0.15) is 0 Å². The van der Waals surface area contributed by atoms with Gasteiger partial charge in [0, 0.05) is 19.5 Å². The fourth-order valence-corrected chi connectivity index (χ4v) is 1.33. The average molecular weight is 181 g/mol. The van der Waals surface area contributed by atoms with E-state index in [1.807, 2.05) is 0 Å². The van der Waals surface area contributed by atoms with Gasteiger partial charge < -0.3 is 9.73 Å². The van der Waals surface area contributed by atoms with Crippen molar-refractivity contribution in [2.45, 2.75) is 26.2 Å². The molecule has 2 heterocycles. The zero-order valence-corrected chi connectivity index (χ0v) is 8.08. The van der Waals surface area contributed by atoms with Crippen LogP contribution in [-0.2, 0) is 6.42 Å². The molecular formula is C9H15N3O. The zero-order valence-electron chi connectivity index (χ0n) is 8.08. The van der Waals surface area contributed by atoms with E-state index in [2.05, 4.69) is 29.4 Å². The third-order valence-electron chi connectivity index (χ3n) is 2.20.